The fourth-order valence-corrected chi connectivity index (χ4v) is 2.34. The summed E-state index contributed by atoms with van der Waals surface area (Å²) in [6, 6.07) is 4.25. The molecule has 2 aromatic rings. The highest BCUT2D eigenvalue weighted by atomic mass is 15.3. The van der Waals surface area contributed by atoms with Crippen molar-refractivity contribution in [2.75, 3.05) is 5.32 Å². The van der Waals surface area contributed by atoms with Gasteiger partial charge in [-0.15, -0.1) is 0 Å². The van der Waals surface area contributed by atoms with Gasteiger partial charge in [-0.1, -0.05) is 6.92 Å². The van der Waals surface area contributed by atoms with Crippen LogP contribution in [0.5, 0.6) is 0 Å². The maximum Gasteiger partial charge on any atom is 0.124 e. The third-order valence-electron chi connectivity index (χ3n) is 3.58. The first kappa shape index (κ1) is 12.3. The lowest BCUT2D eigenvalue weighted by molar-refractivity contribution is 0.577. The molecule has 1 aliphatic carbocycles. The van der Waals surface area contributed by atoms with Crippen LogP contribution in [0.15, 0.2) is 18.3 Å². The summed E-state index contributed by atoms with van der Waals surface area (Å²) in [6.07, 6.45) is 5.55. The van der Waals surface area contributed by atoms with E-state index in [1.54, 1.807) is 0 Å². The Labute approximate surface area is 113 Å². The molecule has 0 bridgehead atoms. The van der Waals surface area contributed by atoms with E-state index in [-0.39, 0.29) is 0 Å². The highest BCUT2D eigenvalue weighted by molar-refractivity contribution is 5.39. The molecule has 0 saturated heterocycles. The molecule has 1 aliphatic rings. The molecule has 1 saturated carbocycles. The molecule has 2 aromatic heterocycles. The summed E-state index contributed by atoms with van der Waals surface area (Å²) >= 11 is 0. The van der Waals surface area contributed by atoms with E-state index in [0.717, 1.165) is 25.3 Å². The second kappa shape index (κ2) is 5.07. The van der Waals surface area contributed by atoms with Gasteiger partial charge in [0.05, 0.1) is 17.9 Å². The average molecular weight is 259 g/mol. The number of hydrogen-bond donors (Lipinski definition) is 1. The number of aromatic nitrogens is 4. The fourth-order valence-electron chi connectivity index (χ4n) is 2.34. The normalized spacial score (nSPS) is 14.8. The Morgan fingerprint density at radius 1 is 1.42 bits per heavy atom. The van der Waals surface area contributed by atoms with Crippen LogP contribution in [0.2, 0.25) is 0 Å². The van der Waals surface area contributed by atoms with E-state index in [2.05, 4.69) is 39.3 Å². The molecule has 1 fully saturated rings. The molecule has 0 unspecified atom stereocenters. The third-order valence-corrected chi connectivity index (χ3v) is 3.58. The van der Waals surface area contributed by atoms with Crippen molar-refractivity contribution in [2.24, 2.45) is 7.05 Å². The second-order valence-corrected chi connectivity index (χ2v) is 5.25. The van der Waals surface area contributed by atoms with E-state index in [1.165, 1.54) is 24.2 Å². The van der Waals surface area contributed by atoms with Crippen LogP contribution in [-0.2, 0) is 20.1 Å². The largest absolute Gasteiger partial charge is 0.365 e. The van der Waals surface area contributed by atoms with Gasteiger partial charge in [-0.3, -0.25) is 9.36 Å². The van der Waals surface area contributed by atoms with Gasteiger partial charge in [0.15, 0.2) is 0 Å². The number of nitrogens with one attached hydrogen (secondary N) is 1. The molecule has 0 atom stereocenters. The molecule has 5 heteroatoms. The molecular weight excluding hydrogens is 238 g/mol. The summed E-state index contributed by atoms with van der Waals surface area (Å²) < 4.78 is 4.00. The SMILES string of the molecule is CCCn1nccc1CNc1cc(C2CC2)nn1C. The van der Waals surface area contributed by atoms with Crippen molar-refractivity contribution in [3.8, 4) is 0 Å². The minimum absolute atomic E-state index is 0.701. The smallest absolute Gasteiger partial charge is 0.124 e. The summed E-state index contributed by atoms with van der Waals surface area (Å²) in [6.45, 7) is 3.94. The number of rotatable bonds is 6. The molecule has 0 aliphatic heterocycles. The maximum atomic E-state index is 4.56. The van der Waals surface area contributed by atoms with E-state index in [0.29, 0.717) is 5.92 Å². The standard InChI is InChI=1S/C14H21N5/c1-3-8-19-12(6-7-16-19)10-15-14-9-13(11-4-5-11)17-18(14)2/h6-7,9,11,15H,3-5,8,10H2,1-2H3. The summed E-state index contributed by atoms with van der Waals surface area (Å²) in [4.78, 5) is 0. The molecule has 102 valence electrons. The van der Waals surface area contributed by atoms with Crippen molar-refractivity contribution in [2.45, 2.75) is 45.2 Å². The van der Waals surface area contributed by atoms with E-state index < -0.39 is 0 Å². The quantitative estimate of drug-likeness (QED) is 0.867. The summed E-state index contributed by atoms with van der Waals surface area (Å²) in [5.41, 5.74) is 2.45. The zero-order valence-corrected chi connectivity index (χ0v) is 11.6. The molecule has 5 nitrogen and oxygen atoms in total. The zero-order valence-electron chi connectivity index (χ0n) is 11.6. The Morgan fingerprint density at radius 2 is 2.26 bits per heavy atom. The van der Waals surface area contributed by atoms with Crippen molar-refractivity contribution in [1.29, 1.82) is 0 Å². The predicted octanol–water partition coefficient (Wildman–Crippen LogP) is 2.52. The van der Waals surface area contributed by atoms with Crippen LogP contribution in [0.25, 0.3) is 0 Å². The first-order chi connectivity index (χ1) is 9.28. The topological polar surface area (TPSA) is 47.7 Å². The highest BCUT2D eigenvalue weighted by Crippen LogP contribution is 2.39. The first-order valence-corrected chi connectivity index (χ1v) is 7.06. The lowest BCUT2D eigenvalue weighted by atomic mass is 10.3. The third kappa shape index (κ3) is 2.64. The summed E-state index contributed by atoms with van der Waals surface area (Å²) in [5.74, 6) is 1.79. The molecule has 0 radical (unpaired) electrons. The predicted molar refractivity (Wildman–Crippen MR) is 75.0 cm³/mol. The molecule has 0 aromatic carbocycles. The zero-order chi connectivity index (χ0) is 13.2. The number of nitrogens with zero attached hydrogens (tertiary/aromatic N) is 4. The number of aryl methyl sites for hydroxylation is 2. The van der Waals surface area contributed by atoms with Gasteiger partial charge < -0.3 is 5.32 Å². The van der Waals surface area contributed by atoms with Gasteiger partial charge in [-0.2, -0.15) is 10.2 Å². The van der Waals surface area contributed by atoms with E-state index in [9.17, 15) is 0 Å². The van der Waals surface area contributed by atoms with Crippen LogP contribution in [0.3, 0.4) is 0 Å². The van der Waals surface area contributed by atoms with E-state index in [4.69, 9.17) is 0 Å². The van der Waals surface area contributed by atoms with Crippen LogP contribution in [0, 0.1) is 0 Å². The van der Waals surface area contributed by atoms with Crippen molar-refractivity contribution >= 4 is 5.82 Å². The van der Waals surface area contributed by atoms with E-state index in [1.807, 2.05) is 17.9 Å². The average Bonchev–Trinajstić information content (AvgIpc) is 3.05. The minimum atomic E-state index is 0.701. The van der Waals surface area contributed by atoms with Crippen molar-refractivity contribution in [3.63, 3.8) is 0 Å². The molecule has 3 rings (SSSR count). The van der Waals surface area contributed by atoms with Crippen LogP contribution in [-0.4, -0.2) is 19.6 Å². The number of anilines is 1. The molecule has 2 heterocycles. The lowest BCUT2D eigenvalue weighted by Gasteiger charge is -2.08. The van der Waals surface area contributed by atoms with Gasteiger partial charge in [0, 0.05) is 31.8 Å². The van der Waals surface area contributed by atoms with Gasteiger partial charge in [0.1, 0.15) is 5.82 Å². The van der Waals surface area contributed by atoms with Crippen LogP contribution < -0.4 is 5.32 Å². The first-order valence-electron chi connectivity index (χ1n) is 7.06. The molecule has 19 heavy (non-hydrogen) atoms. The molecule has 0 amide bonds. The molecular formula is C14H21N5. The van der Waals surface area contributed by atoms with Crippen molar-refractivity contribution in [3.05, 3.63) is 29.7 Å². The van der Waals surface area contributed by atoms with Crippen LogP contribution in [0.1, 0.15) is 43.5 Å². The van der Waals surface area contributed by atoms with Gasteiger partial charge >= 0.3 is 0 Å². The Morgan fingerprint density at radius 3 is 3.00 bits per heavy atom. The minimum Gasteiger partial charge on any atom is -0.365 e. The Bertz CT molecular complexity index is 550. The van der Waals surface area contributed by atoms with Gasteiger partial charge in [-0.05, 0) is 25.3 Å². The van der Waals surface area contributed by atoms with Crippen LogP contribution >= 0.6 is 0 Å². The van der Waals surface area contributed by atoms with E-state index >= 15 is 0 Å². The monoisotopic (exact) mass is 259 g/mol. The van der Waals surface area contributed by atoms with Gasteiger partial charge in [0.2, 0.25) is 0 Å². The number of hydrogen-bond acceptors (Lipinski definition) is 3. The van der Waals surface area contributed by atoms with Crippen molar-refractivity contribution in [1.82, 2.24) is 19.6 Å². The molecule has 0 spiro atoms. The Balaban J connectivity index is 1.66. The summed E-state index contributed by atoms with van der Waals surface area (Å²) in [5, 5.41) is 12.4. The summed E-state index contributed by atoms with van der Waals surface area (Å²) in [7, 11) is 2.00. The van der Waals surface area contributed by atoms with Gasteiger partial charge in [0.25, 0.3) is 0 Å². The fraction of sp³-hybridized carbons (Fsp3) is 0.571. The maximum absolute atomic E-state index is 4.56. The Hall–Kier alpha value is -1.78. The van der Waals surface area contributed by atoms with Crippen LogP contribution in [0.4, 0.5) is 5.82 Å². The highest BCUT2D eigenvalue weighted by Gasteiger charge is 2.26. The second-order valence-electron chi connectivity index (χ2n) is 5.25. The Kier molecular flexibility index (Phi) is 3.27. The van der Waals surface area contributed by atoms with Gasteiger partial charge in [-0.25, -0.2) is 0 Å². The lowest BCUT2D eigenvalue weighted by Crippen LogP contribution is -2.10. The molecule has 1 N–H and O–H groups in total. The van der Waals surface area contributed by atoms with Crippen molar-refractivity contribution < 1.29 is 0 Å².